The van der Waals surface area contributed by atoms with Gasteiger partial charge in [0.25, 0.3) is 0 Å². The van der Waals surface area contributed by atoms with Gasteiger partial charge in [0.2, 0.25) is 5.91 Å². The number of fused-ring (bicyclic) bond motifs is 1. The molecule has 1 amide bonds. The molecule has 3 saturated carbocycles. The Labute approximate surface area is 153 Å². The highest BCUT2D eigenvalue weighted by Crippen LogP contribution is 2.44. The highest BCUT2D eigenvalue weighted by molar-refractivity contribution is 7.88. The third-order valence-electron chi connectivity index (χ3n) is 6.59. The number of aliphatic hydroxyl groups excluding tert-OH is 1. The zero-order valence-corrected chi connectivity index (χ0v) is 15.6. The smallest absolute Gasteiger partial charge is 0.304 e. The van der Waals surface area contributed by atoms with E-state index in [2.05, 4.69) is 5.32 Å². The summed E-state index contributed by atoms with van der Waals surface area (Å²) in [4.78, 5) is 11.5. The van der Waals surface area contributed by atoms with E-state index >= 15 is 4.39 Å². The summed E-state index contributed by atoms with van der Waals surface area (Å²) in [6.07, 6.45) is 4.15. The first-order valence-corrected chi connectivity index (χ1v) is 11.2. The number of carbonyl (C=O) groups is 1. The van der Waals surface area contributed by atoms with Crippen LogP contribution in [0.15, 0.2) is 0 Å². The number of amides is 1. The third kappa shape index (κ3) is 3.63. The van der Waals surface area contributed by atoms with Crippen LogP contribution in [0.5, 0.6) is 0 Å². The van der Waals surface area contributed by atoms with Gasteiger partial charge in [-0.3, -0.25) is 4.79 Å². The molecule has 0 spiro atoms. The van der Waals surface area contributed by atoms with Crippen molar-refractivity contribution in [2.24, 2.45) is 17.8 Å². The molecule has 0 aromatic carbocycles. The predicted molar refractivity (Wildman–Crippen MR) is 93.0 cm³/mol. The molecule has 26 heavy (non-hydrogen) atoms. The van der Waals surface area contributed by atoms with Gasteiger partial charge in [0.1, 0.15) is 6.17 Å². The van der Waals surface area contributed by atoms with Gasteiger partial charge in [0, 0.05) is 6.04 Å². The maximum atomic E-state index is 15.4. The molecule has 0 radical (unpaired) electrons. The molecule has 6 atom stereocenters. The standard InChI is InChI=1S/C17H28FN3O4S/c18-16-13-8-12(19-6-5-10-1-2-10)4-3-11(13)7-14(22)17(16)21-9-15(23)20-26(21,24)25/h10-14,16-17,19,22H,1-9H2,(H,20,23)/t11?,12-,13?,14?,16?,17?/m0/s1. The lowest BCUT2D eigenvalue weighted by Gasteiger charge is -2.48. The van der Waals surface area contributed by atoms with Gasteiger partial charge in [-0.15, -0.1) is 0 Å². The van der Waals surface area contributed by atoms with Crippen molar-refractivity contribution in [1.82, 2.24) is 14.3 Å². The molecule has 1 aliphatic heterocycles. The number of carbonyl (C=O) groups excluding carboxylic acids is 1. The first-order valence-electron chi connectivity index (χ1n) is 9.73. The average molecular weight is 389 g/mol. The van der Waals surface area contributed by atoms with Crippen molar-refractivity contribution in [2.45, 2.75) is 69.3 Å². The van der Waals surface area contributed by atoms with Crippen LogP contribution < -0.4 is 10.0 Å². The van der Waals surface area contributed by atoms with Gasteiger partial charge in [-0.1, -0.05) is 12.8 Å². The molecule has 5 unspecified atom stereocenters. The Morgan fingerprint density at radius 1 is 1.23 bits per heavy atom. The van der Waals surface area contributed by atoms with E-state index in [-0.39, 0.29) is 17.9 Å². The molecule has 3 aliphatic carbocycles. The summed E-state index contributed by atoms with van der Waals surface area (Å²) in [5, 5.41) is 14.0. The summed E-state index contributed by atoms with van der Waals surface area (Å²) < 4.78 is 42.3. The topological polar surface area (TPSA) is 98.7 Å². The Morgan fingerprint density at radius 2 is 2.00 bits per heavy atom. The predicted octanol–water partition coefficient (Wildman–Crippen LogP) is 0.309. The Morgan fingerprint density at radius 3 is 2.65 bits per heavy atom. The monoisotopic (exact) mass is 389 g/mol. The van der Waals surface area contributed by atoms with E-state index in [1.807, 2.05) is 4.72 Å². The highest BCUT2D eigenvalue weighted by Gasteiger charge is 2.53. The lowest BCUT2D eigenvalue weighted by Crippen LogP contribution is -2.59. The first kappa shape index (κ1) is 18.6. The Bertz CT molecular complexity index is 656. The molecule has 7 nitrogen and oxygen atoms in total. The Balaban J connectivity index is 1.43. The molecule has 4 rings (SSSR count). The second-order valence-corrected chi connectivity index (χ2v) is 10.1. The molecule has 4 aliphatic rings. The minimum absolute atomic E-state index is 0.0756. The number of rotatable bonds is 5. The summed E-state index contributed by atoms with van der Waals surface area (Å²) in [7, 11) is -4.05. The van der Waals surface area contributed by atoms with E-state index < -0.39 is 41.0 Å². The summed E-state index contributed by atoms with van der Waals surface area (Å²) in [5.41, 5.74) is 0. The van der Waals surface area contributed by atoms with Crippen molar-refractivity contribution in [2.75, 3.05) is 13.1 Å². The lowest BCUT2D eigenvalue weighted by atomic mass is 9.66. The normalized spacial score (nSPS) is 43.1. The van der Waals surface area contributed by atoms with Crippen LogP contribution in [0.3, 0.4) is 0 Å². The molecule has 9 heteroatoms. The van der Waals surface area contributed by atoms with Crippen molar-refractivity contribution in [3.8, 4) is 0 Å². The van der Waals surface area contributed by atoms with E-state index in [0.29, 0.717) is 12.8 Å². The number of aliphatic hydroxyl groups is 1. The Hall–Kier alpha value is -0.770. The van der Waals surface area contributed by atoms with Gasteiger partial charge in [-0.2, -0.15) is 12.7 Å². The second-order valence-electron chi connectivity index (χ2n) is 8.43. The fourth-order valence-electron chi connectivity index (χ4n) is 5.03. The second kappa shape index (κ2) is 7.00. The van der Waals surface area contributed by atoms with Crippen LogP contribution in [-0.2, 0) is 15.0 Å². The van der Waals surface area contributed by atoms with E-state index in [1.54, 1.807) is 0 Å². The van der Waals surface area contributed by atoms with Gasteiger partial charge >= 0.3 is 10.2 Å². The molecule has 0 bridgehead atoms. The van der Waals surface area contributed by atoms with Crippen LogP contribution in [0, 0.1) is 17.8 Å². The van der Waals surface area contributed by atoms with Gasteiger partial charge in [0.15, 0.2) is 0 Å². The van der Waals surface area contributed by atoms with Crippen molar-refractivity contribution < 1.29 is 22.7 Å². The van der Waals surface area contributed by atoms with Crippen LogP contribution in [0.1, 0.15) is 44.9 Å². The van der Waals surface area contributed by atoms with Gasteiger partial charge in [-0.25, -0.2) is 9.11 Å². The molecular weight excluding hydrogens is 361 g/mol. The van der Waals surface area contributed by atoms with Crippen molar-refractivity contribution >= 4 is 16.1 Å². The summed E-state index contributed by atoms with van der Waals surface area (Å²) >= 11 is 0. The van der Waals surface area contributed by atoms with Crippen LogP contribution >= 0.6 is 0 Å². The largest absolute Gasteiger partial charge is 0.391 e. The molecule has 3 N–H and O–H groups in total. The number of nitrogens with one attached hydrogen (secondary N) is 2. The van der Waals surface area contributed by atoms with Crippen LogP contribution in [0.2, 0.25) is 0 Å². The molecule has 1 saturated heterocycles. The zero-order chi connectivity index (χ0) is 18.5. The molecule has 1 heterocycles. The van der Waals surface area contributed by atoms with E-state index in [4.69, 9.17) is 0 Å². The number of hydrogen-bond donors (Lipinski definition) is 3. The van der Waals surface area contributed by atoms with Gasteiger partial charge in [0.05, 0.1) is 18.7 Å². The quantitative estimate of drug-likeness (QED) is 0.629. The number of hydrogen-bond acceptors (Lipinski definition) is 5. The van der Waals surface area contributed by atoms with E-state index in [9.17, 15) is 18.3 Å². The lowest BCUT2D eigenvalue weighted by molar-refractivity contribution is -0.119. The first-order chi connectivity index (χ1) is 12.3. The van der Waals surface area contributed by atoms with Crippen LogP contribution in [0.4, 0.5) is 4.39 Å². The Kier molecular flexibility index (Phi) is 5.00. The SMILES string of the molecule is O=C1CN(C2C(O)CC3CC[C@H](NCCC4CC4)CC3C2F)S(=O)(=O)N1. The van der Waals surface area contributed by atoms with Gasteiger partial charge < -0.3 is 10.4 Å². The van der Waals surface area contributed by atoms with Crippen LogP contribution in [-0.4, -0.2) is 61.2 Å². The molecule has 0 aromatic heterocycles. The van der Waals surface area contributed by atoms with Crippen molar-refractivity contribution in [3.63, 3.8) is 0 Å². The van der Waals surface area contributed by atoms with Gasteiger partial charge in [-0.05, 0) is 56.4 Å². The van der Waals surface area contributed by atoms with E-state index in [0.717, 1.165) is 29.6 Å². The minimum atomic E-state index is -4.05. The zero-order valence-electron chi connectivity index (χ0n) is 14.8. The number of alkyl halides is 1. The third-order valence-corrected chi connectivity index (χ3v) is 8.06. The summed E-state index contributed by atoms with van der Waals surface area (Å²) in [5.74, 6) is -0.0182. The summed E-state index contributed by atoms with van der Waals surface area (Å²) in [6.45, 7) is 0.541. The molecular formula is C17H28FN3O4S. The molecule has 4 fully saturated rings. The fraction of sp³-hybridized carbons (Fsp3) is 0.941. The number of nitrogens with zero attached hydrogens (tertiary/aromatic N) is 1. The number of halogens is 1. The van der Waals surface area contributed by atoms with Crippen LogP contribution in [0.25, 0.3) is 0 Å². The molecule has 0 aromatic rings. The van der Waals surface area contributed by atoms with Crippen molar-refractivity contribution in [1.29, 1.82) is 0 Å². The maximum absolute atomic E-state index is 15.4. The summed E-state index contributed by atoms with van der Waals surface area (Å²) in [6, 6.07) is -0.926. The minimum Gasteiger partial charge on any atom is -0.391 e. The molecule has 148 valence electrons. The highest BCUT2D eigenvalue weighted by atomic mass is 32.2. The van der Waals surface area contributed by atoms with Crippen molar-refractivity contribution in [3.05, 3.63) is 0 Å². The maximum Gasteiger partial charge on any atom is 0.304 e. The fourth-order valence-corrected chi connectivity index (χ4v) is 6.36. The average Bonchev–Trinajstić information content (AvgIpc) is 3.33. The van der Waals surface area contributed by atoms with E-state index in [1.165, 1.54) is 19.3 Å².